The smallest absolute Gasteiger partial charge is 0.308 e. The Hall–Kier alpha value is -0.940. The number of hydrogen-bond acceptors (Lipinski definition) is 5. The largest absolute Gasteiger partial charge is 0.465 e. The molecule has 2 unspecified atom stereocenters. The van der Waals surface area contributed by atoms with Crippen LogP contribution in [0.25, 0.3) is 0 Å². The minimum atomic E-state index is 0.0577. The number of aliphatic hydroxyl groups is 1. The van der Waals surface area contributed by atoms with Crippen LogP contribution in [0.15, 0.2) is 0 Å². The van der Waals surface area contributed by atoms with Crippen LogP contribution >= 0.6 is 0 Å². The summed E-state index contributed by atoms with van der Waals surface area (Å²) in [6, 6.07) is 0. The fourth-order valence-electron chi connectivity index (χ4n) is 7.90. The van der Waals surface area contributed by atoms with Gasteiger partial charge in [0.15, 0.2) is 0 Å². The molecule has 1 N–H and O–H groups in total. The minimum Gasteiger partial charge on any atom is -0.465 e. The molecule has 0 saturated heterocycles. The van der Waals surface area contributed by atoms with Crippen molar-refractivity contribution in [3.05, 3.63) is 0 Å². The van der Waals surface area contributed by atoms with Crippen LogP contribution in [0, 0.1) is 11.8 Å². The molecular weight excluding hydrogens is 655 g/mol. The maximum atomic E-state index is 13.2. The summed E-state index contributed by atoms with van der Waals surface area (Å²) in [6.07, 6.45) is 41.5. The molecule has 0 heterocycles. The van der Waals surface area contributed by atoms with Gasteiger partial charge in [-0.25, -0.2) is 0 Å². The molecule has 2 atom stereocenters. The Bertz CT molecular complexity index is 700. The van der Waals surface area contributed by atoms with Gasteiger partial charge in [-0.15, -0.1) is 0 Å². The third-order valence-electron chi connectivity index (χ3n) is 11.6. The first-order valence-electron chi connectivity index (χ1n) is 24.1. The van der Waals surface area contributed by atoms with E-state index in [0.29, 0.717) is 18.3 Å². The molecule has 316 valence electrons. The third-order valence-corrected chi connectivity index (χ3v) is 11.6. The molecule has 5 nitrogen and oxygen atoms in total. The van der Waals surface area contributed by atoms with Crippen LogP contribution in [0.2, 0.25) is 0 Å². The van der Waals surface area contributed by atoms with Crippen LogP contribution in [-0.2, 0) is 14.3 Å². The molecule has 0 aliphatic carbocycles. The molecule has 0 aromatic heterocycles. The highest BCUT2D eigenvalue weighted by molar-refractivity contribution is 5.80. The highest BCUT2D eigenvalue weighted by Gasteiger charge is 2.20. The van der Waals surface area contributed by atoms with Crippen LogP contribution in [0.1, 0.15) is 252 Å². The van der Waals surface area contributed by atoms with Crippen molar-refractivity contribution >= 4 is 11.8 Å². The van der Waals surface area contributed by atoms with Gasteiger partial charge in [0, 0.05) is 25.5 Å². The third kappa shape index (κ3) is 35.2. The summed E-state index contributed by atoms with van der Waals surface area (Å²) < 4.78 is 5.81. The van der Waals surface area contributed by atoms with E-state index in [1.54, 1.807) is 0 Å². The quantitative estimate of drug-likeness (QED) is 0.0496. The number of carbonyl (C=O) groups excluding carboxylic acids is 2. The highest BCUT2D eigenvalue weighted by Crippen LogP contribution is 2.23. The van der Waals surface area contributed by atoms with Crippen molar-refractivity contribution in [1.82, 2.24) is 4.90 Å². The summed E-state index contributed by atoms with van der Waals surface area (Å²) in [5.41, 5.74) is 0. The van der Waals surface area contributed by atoms with Crippen molar-refractivity contribution in [2.24, 2.45) is 11.8 Å². The summed E-state index contributed by atoms with van der Waals surface area (Å²) in [4.78, 5) is 28.7. The van der Waals surface area contributed by atoms with E-state index >= 15 is 0 Å². The number of aliphatic hydroxyl groups excluding tert-OH is 1. The first kappa shape index (κ1) is 52.1. The lowest BCUT2D eigenvalue weighted by molar-refractivity contribution is -0.149. The second kappa shape index (κ2) is 42.2. The van der Waals surface area contributed by atoms with Crippen LogP contribution < -0.4 is 0 Å². The number of hydrogen-bond donors (Lipinski definition) is 1. The fraction of sp³-hybridized carbons (Fsp3) is 0.958. The van der Waals surface area contributed by atoms with E-state index < -0.39 is 0 Å². The number of ether oxygens (including phenoxy) is 1. The lowest BCUT2D eigenvalue weighted by Crippen LogP contribution is -2.28. The standard InChI is InChI=1S/C48H95NO4/c1-5-9-13-17-20-28-36-45(35-26-15-11-7-3)47(51)39-30-22-19-23-31-40-49(42-34-43-50)41-32-24-25-33-44-53-48(52)46(37-27-16-12-8-4)38-29-21-18-14-10-6-2/h45-46,50H,5-44H2,1-4H3. The second-order valence-electron chi connectivity index (χ2n) is 16.7. The van der Waals surface area contributed by atoms with Crippen molar-refractivity contribution in [3.63, 3.8) is 0 Å². The molecule has 0 fully saturated rings. The maximum absolute atomic E-state index is 13.2. The Morgan fingerprint density at radius 3 is 1.26 bits per heavy atom. The Morgan fingerprint density at radius 1 is 0.434 bits per heavy atom. The van der Waals surface area contributed by atoms with Crippen molar-refractivity contribution in [2.75, 3.05) is 32.8 Å². The molecule has 5 heteroatoms. The molecule has 0 aromatic rings. The molecule has 0 bridgehead atoms. The molecular formula is C48H95NO4. The van der Waals surface area contributed by atoms with E-state index in [-0.39, 0.29) is 18.5 Å². The van der Waals surface area contributed by atoms with E-state index in [1.807, 2.05) is 0 Å². The highest BCUT2D eigenvalue weighted by atomic mass is 16.5. The number of carbonyl (C=O) groups is 2. The predicted molar refractivity (Wildman–Crippen MR) is 231 cm³/mol. The van der Waals surface area contributed by atoms with E-state index in [2.05, 4.69) is 32.6 Å². The summed E-state index contributed by atoms with van der Waals surface area (Å²) in [7, 11) is 0. The Kier molecular flexibility index (Phi) is 41.5. The topological polar surface area (TPSA) is 66.8 Å². The molecule has 0 aliphatic heterocycles. The molecule has 0 spiro atoms. The van der Waals surface area contributed by atoms with Gasteiger partial charge in [0.05, 0.1) is 12.5 Å². The Morgan fingerprint density at radius 2 is 0.792 bits per heavy atom. The molecule has 0 aliphatic rings. The Labute approximate surface area is 332 Å². The second-order valence-corrected chi connectivity index (χ2v) is 16.7. The number of rotatable bonds is 44. The van der Waals surface area contributed by atoms with E-state index in [9.17, 15) is 14.7 Å². The van der Waals surface area contributed by atoms with Crippen molar-refractivity contribution in [1.29, 1.82) is 0 Å². The van der Waals surface area contributed by atoms with Crippen LogP contribution in [0.3, 0.4) is 0 Å². The van der Waals surface area contributed by atoms with Gasteiger partial charge < -0.3 is 14.7 Å². The monoisotopic (exact) mass is 750 g/mol. The van der Waals surface area contributed by atoms with Crippen LogP contribution in [-0.4, -0.2) is 54.6 Å². The number of unbranched alkanes of at least 4 members (excludes halogenated alkanes) is 23. The van der Waals surface area contributed by atoms with Gasteiger partial charge >= 0.3 is 5.97 Å². The summed E-state index contributed by atoms with van der Waals surface area (Å²) in [5.74, 6) is 1.01. The maximum Gasteiger partial charge on any atom is 0.308 e. The fourth-order valence-corrected chi connectivity index (χ4v) is 7.90. The van der Waals surface area contributed by atoms with Gasteiger partial charge in [0.25, 0.3) is 0 Å². The van der Waals surface area contributed by atoms with Gasteiger partial charge in [-0.1, -0.05) is 188 Å². The zero-order chi connectivity index (χ0) is 38.9. The van der Waals surface area contributed by atoms with Crippen LogP contribution in [0.5, 0.6) is 0 Å². The average Bonchev–Trinajstić information content (AvgIpc) is 3.16. The average molecular weight is 750 g/mol. The van der Waals surface area contributed by atoms with Gasteiger partial charge in [-0.2, -0.15) is 0 Å². The molecule has 0 radical (unpaired) electrons. The van der Waals surface area contributed by atoms with E-state index in [1.165, 1.54) is 141 Å². The number of ketones is 1. The minimum absolute atomic E-state index is 0.0577. The van der Waals surface area contributed by atoms with Crippen LogP contribution in [0.4, 0.5) is 0 Å². The first-order valence-corrected chi connectivity index (χ1v) is 24.1. The first-order chi connectivity index (χ1) is 26.0. The summed E-state index contributed by atoms with van der Waals surface area (Å²) in [6.45, 7) is 13.0. The summed E-state index contributed by atoms with van der Waals surface area (Å²) in [5, 5.41) is 9.45. The van der Waals surface area contributed by atoms with Crippen molar-refractivity contribution in [3.8, 4) is 0 Å². The molecule has 0 saturated carbocycles. The molecule has 0 rings (SSSR count). The summed E-state index contributed by atoms with van der Waals surface area (Å²) >= 11 is 0. The number of Topliss-reactive ketones (excluding diaryl/α,β-unsaturated/α-hetero) is 1. The molecule has 53 heavy (non-hydrogen) atoms. The predicted octanol–water partition coefficient (Wildman–Crippen LogP) is 14.4. The molecule has 0 amide bonds. The SMILES string of the molecule is CCCCCCCCC(CCCCCC)C(=O)CCCCCCCN(CCCO)CCCCCCOC(=O)C(CCCCCC)CCCCCCCC. The van der Waals surface area contributed by atoms with Gasteiger partial charge in [0.2, 0.25) is 0 Å². The Balaban J connectivity index is 4.28. The van der Waals surface area contributed by atoms with Gasteiger partial charge in [0.1, 0.15) is 5.78 Å². The van der Waals surface area contributed by atoms with Gasteiger partial charge in [-0.3, -0.25) is 9.59 Å². The van der Waals surface area contributed by atoms with Crippen molar-refractivity contribution in [2.45, 2.75) is 252 Å². The lowest BCUT2D eigenvalue weighted by Gasteiger charge is -2.22. The number of esters is 1. The normalized spacial score (nSPS) is 12.8. The van der Waals surface area contributed by atoms with E-state index in [0.717, 1.165) is 103 Å². The van der Waals surface area contributed by atoms with E-state index in [4.69, 9.17) is 4.74 Å². The van der Waals surface area contributed by atoms with Crippen molar-refractivity contribution < 1.29 is 19.4 Å². The zero-order valence-electron chi connectivity index (χ0n) is 36.6. The zero-order valence-corrected chi connectivity index (χ0v) is 36.6. The molecule has 0 aromatic carbocycles. The number of nitrogens with zero attached hydrogens (tertiary/aromatic N) is 1. The lowest BCUT2D eigenvalue weighted by atomic mass is 9.88. The van der Waals surface area contributed by atoms with Gasteiger partial charge in [-0.05, 0) is 70.9 Å².